The molecule has 28 heavy (non-hydrogen) atoms. The molecule has 0 N–H and O–H groups in total. The average molecular weight is 412 g/mol. The lowest BCUT2D eigenvalue weighted by molar-refractivity contribution is 0.482. The zero-order valence-electron chi connectivity index (χ0n) is 16.6. The number of rotatable bonds is 2. The minimum atomic E-state index is 0.360. The van der Waals surface area contributed by atoms with Crippen LogP contribution in [0.15, 0.2) is 18.2 Å². The van der Waals surface area contributed by atoms with Gasteiger partial charge in [0.2, 0.25) is 5.28 Å². The highest BCUT2D eigenvalue weighted by Gasteiger charge is 2.26. The summed E-state index contributed by atoms with van der Waals surface area (Å²) in [4.78, 5) is 14.1. The van der Waals surface area contributed by atoms with Crippen molar-refractivity contribution >= 4 is 39.0 Å². The molecule has 1 atom stereocenters. The van der Waals surface area contributed by atoms with Crippen LogP contribution < -0.4 is 4.90 Å². The summed E-state index contributed by atoms with van der Waals surface area (Å²) in [6, 6.07) is 7.55. The first-order chi connectivity index (χ1) is 13.6. The number of halogens is 1. The molecule has 5 rings (SSSR count). The van der Waals surface area contributed by atoms with Crippen molar-refractivity contribution in [3.05, 3.63) is 39.5 Å². The van der Waals surface area contributed by atoms with Crippen molar-refractivity contribution in [2.24, 2.45) is 0 Å². The molecule has 1 aromatic carbocycles. The molecule has 146 valence electrons. The molecule has 0 amide bonds. The van der Waals surface area contributed by atoms with Crippen molar-refractivity contribution in [3.8, 4) is 11.1 Å². The van der Waals surface area contributed by atoms with Gasteiger partial charge in [-0.2, -0.15) is 4.98 Å². The first-order valence-electron chi connectivity index (χ1n) is 10.5. The lowest BCUT2D eigenvalue weighted by atomic mass is 9.88. The minimum absolute atomic E-state index is 0.360. The molecule has 0 saturated carbocycles. The Morgan fingerprint density at radius 3 is 2.71 bits per heavy atom. The molecule has 2 aromatic heterocycles. The van der Waals surface area contributed by atoms with E-state index in [0.717, 1.165) is 17.2 Å². The van der Waals surface area contributed by atoms with Crippen molar-refractivity contribution in [2.75, 3.05) is 11.4 Å². The maximum atomic E-state index is 6.35. The Morgan fingerprint density at radius 2 is 1.89 bits per heavy atom. The van der Waals surface area contributed by atoms with Crippen molar-refractivity contribution in [3.63, 3.8) is 0 Å². The number of benzene rings is 1. The van der Waals surface area contributed by atoms with Crippen LogP contribution in [-0.2, 0) is 12.8 Å². The zero-order valence-corrected chi connectivity index (χ0v) is 18.2. The highest BCUT2D eigenvalue weighted by Crippen LogP contribution is 2.44. The van der Waals surface area contributed by atoms with Crippen LogP contribution in [0, 0.1) is 6.92 Å². The predicted octanol–water partition coefficient (Wildman–Crippen LogP) is 6.58. The molecule has 1 saturated heterocycles. The molecule has 5 heteroatoms. The number of aryl methyl sites for hydroxylation is 3. The van der Waals surface area contributed by atoms with E-state index in [-0.39, 0.29) is 0 Å². The maximum absolute atomic E-state index is 6.35. The molecule has 1 aliphatic carbocycles. The quantitative estimate of drug-likeness (QED) is 0.446. The molecular weight excluding hydrogens is 386 g/mol. The first kappa shape index (κ1) is 18.4. The molecule has 1 aliphatic heterocycles. The number of anilines is 1. The van der Waals surface area contributed by atoms with Crippen LogP contribution in [0.5, 0.6) is 0 Å². The van der Waals surface area contributed by atoms with Gasteiger partial charge in [0.15, 0.2) is 0 Å². The van der Waals surface area contributed by atoms with Gasteiger partial charge in [0, 0.05) is 23.0 Å². The van der Waals surface area contributed by atoms with Crippen LogP contribution in [0.1, 0.15) is 55.0 Å². The van der Waals surface area contributed by atoms with Crippen molar-refractivity contribution < 1.29 is 0 Å². The summed E-state index contributed by atoms with van der Waals surface area (Å²) in [5, 5.41) is 1.55. The Balaban J connectivity index is 1.72. The van der Waals surface area contributed by atoms with E-state index in [1.54, 1.807) is 11.3 Å². The Kier molecular flexibility index (Phi) is 4.80. The Bertz CT molecular complexity index is 1040. The molecule has 3 heterocycles. The lowest BCUT2D eigenvalue weighted by Gasteiger charge is -2.35. The summed E-state index contributed by atoms with van der Waals surface area (Å²) in [5.41, 5.74) is 5.65. The standard InChI is InChI=1S/C23H26ClN3S/c1-14-7-5-6-12-27(14)21-20-19(15(2)28-22(20)26-23(24)25-21)18-11-10-16-8-3-4-9-17(16)13-18/h10-11,13-14H,3-9,12H2,1-2H3. The number of hydrogen-bond acceptors (Lipinski definition) is 4. The summed E-state index contributed by atoms with van der Waals surface area (Å²) in [7, 11) is 0. The zero-order chi connectivity index (χ0) is 19.3. The van der Waals surface area contributed by atoms with E-state index >= 15 is 0 Å². The van der Waals surface area contributed by atoms with Crippen LogP contribution in [0.25, 0.3) is 21.3 Å². The molecule has 1 unspecified atom stereocenters. The van der Waals surface area contributed by atoms with E-state index in [2.05, 4.69) is 41.9 Å². The van der Waals surface area contributed by atoms with E-state index in [1.165, 1.54) is 77.5 Å². The van der Waals surface area contributed by atoms with Crippen molar-refractivity contribution in [2.45, 2.75) is 64.8 Å². The fourth-order valence-corrected chi connectivity index (χ4v) is 6.18. The van der Waals surface area contributed by atoms with Crippen molar-refractivity contribution in [1.82, 2.24) is 9.97 Å². The normalized spacial score (nSPS) is 19.8. The largest absolute Gasteiger partial charge is 0.353 e. The topological polar surface area (TPSA) is 29.0 Å². The van der Waals surface area contributed by atoms with Crippen LogP contribution in [0.4, 0.5) is 5.82 Å². The summed E-state index contributed by atoms with van der Waals surface area (Å²) in [6.45, 7) is 5.55. The Hall–Kier alpha value is -1.65. The predicted molar refractivity (Wildman–Crippen MR) is 120 cm³/mol. The molecule has 3 nitrogen and oxygen atoms in total. The fourth-order valence-electron chi connectivity index (χ4n) is 4.93. The SMILES string of the molecule is Cc1sc2nc(Cl)nc(N3CCCCC3C)c2c1-c1ccc2c(c1)CCCC2. The first-order valence-corrected chi connectivity index (χ1v) is 11.7. The molecule has 1 fully saturated rings. The monoisotopic (exact) mass is 411 g/mol. The van der Waals surface area contributed by atoms with Gasteiger partial charge in [0.1, 0.15) is 10.6 Å². The number of nitrogens with zero attached hydrogens (tertiary/aromatic N) is 3. The highest BCUT2D eigenvalue weighted by atomic mass is 35.5. The number of aromatic nitrogens is 2. The number of piperidine rings is 1. The number of fused-ring (bicyclic) bond motifs is 2. The van der Waals surface area contributed by atoms with Crippen LogP contribution in [0.2, 0.25) is 5.28 Å². The molecule has 0 radical (unpaired) electrons. The second kappa shape index (κ2) is 7.31. The van der Waals surface area contributed by atoms with Crippen LogP contribution in [0.3, 0.4) is 0 Å². The van der Waals surface area contributed by atoms with Gasteiger partial charge in [0.25, 0.3) is 0 Å². The lowest BCUT2D eigenvalue weighted by Crippen LogP contribution is -2.38. The Morgan fingerprint density at radius 1 is 1.07 bits per heavy atom. The van der Waals surface area contributed by atoms with E-state index in [1.807, 2.05) is 0 Å². The maximum Gasteiger partial charge on any atom is 0.225 e. The van der Waals surface area contributed by atoms with Gasteiger partial charge in [-0.1, -0.05) is 18.2 Å². The van der Waals surface area contributed by atoms with Gasteiger partial charge < -0.3 is 4.90 Å². The fraction of sp³-hybridized carbons (Fsp3) is 0.478. The van der Waals surface area contributed by atoms with E-state index in [4.69, 9.17) is 16.6 Å². The van der Waals surface area contributed by atoms with Crippen LogP contribution >= 0.6 is 22.9 Å². The summed E-state index contributed by atoms with van der Waals surface area (Å²) in [6.07, 6.45) is 8.74. The van der Waals surface area contributed by atoms with Gasteiger partial charge in [0.05, 0.1) is 5.39 Å². The smallest absolute Gasteiger partial charge is 0.225 e. The van der Waals surface area contributed by atoms with Gasteiger partial charge >= 0.3 is 0 Å². The molecule has 3 aromatic rings. The van der Waals surface area contributed by atoms with Crippen molar-refractivity contribution in [1.29, 1.82) is 0 Å². The third-order valence-corrected chi connectivity index (χ3v) is 7.56. The minimum Gasteiger partial charge on any atom is -0.353 e. The second-order valence-corrected chi connectivity index (χ2v) is 9.80. The van der Waals surface area contributed by atoms with Crippen LogP contribution in [-0.4, -0.2) is 22.6 Å². The van der Waals surface area contributed by atoms with Gasteiger partial charge in [-0.25, -0.2) is 4.98 Å². The third-order valence-electron chi connectivity index (χ3n) is 6.39. The number of hydrogen-bond donors (Lipinski definition) is 0. The average Bonchev–Trinajstić information content (AvgIpc) is 3.03. The molecule has 2 aliphatic rings. The van der Waals surface area contributed by atoms with E-state index in [9.17, 15) is 0 Å². The van der Waals surface area contributed by atoms with E-state index in [0.29, 0.717) is 11.3 Å². The number of thiophene rings is 1. The third kappa shape index (κ3) is 3.11. The molecule has 0 spiro atoms. The summed E-state index contributed by atoms with van der Waals surface area (Å²) >= 11 is 8.09. The Labute approximate surface area is 175 Å². The molecule has 0 bridgehead atoms. The second-order valence-electron chi connectivity index (χ2n) is 8.26. The van der Waals surface area contributed by atoms with E-state index < -0.39 is 0 Å². The highest BCUT2D eigenvalue weighted by molar-refractivity contribution is 7.19. The summed E-state index contributed by atoms with van der Waals surface area (Å²) < 4.78 is 0. The van der Waals surface area contributed by atoms with Gasteiger partial charge in [-0.3, -0.25) is 0 Å². The van der Waals surface area contributed by atoms with Gasteiger partial charge in [-0.05, 0) is 87.1 Å². The van der Waals surface area contributed by atoms with Gasteiger partial charge in [-0.15, -0.1) is 11.3 Å². The summed E-state index contributed by atoms with van der Waals surface area (Å²) in [5.74, 6) is 1.03. The molecular formula is C23H26ClN3S.